The number of fused-ring (bicyclic) bond motifs is 1. The predicted molar refractivity (Wildman–Crippen MR) is 97.1 cm³/mol. The number of para-hydroxylation sites is 1. The SMILES string of the molecule is O=C(O)CCN1/C(=C/CSc2ccccc2)Sc2ccccc21. The van der Waals surface area contributed by atoms with Crippen LogP contribution in [0.4, 0.5) is 5.69 Å². The third kappa shape index (κ3) is 4.12. The Morgan fingerprint density at radius 3 is 2.65 bits per heavy atom. The van der Waals surface area contributed by atoms with Crippen LogP contribution in [0.15, 0.2) is 75.5 Å². The van der Waals surface area contributed by atoms with E-state index in [1.54, 1.807) is 23.5 Å². The average Bonchev–Trinajstić information content (AvgIpc) is 2.91. The molecule has 0 fully saturated rings. The summed E-state index contributed by atoms with van der Waals surface area (Å²) in [6.07, 6.45) is 2.32. The van der Waals surface area contributed by atoms with E-state index in [9.17, 15) is 4.79 Å². The molecule has 1 heterocycles. The third-order valence-electron chi connectivity index (χ3n) is 3.44. The molecule has 0 spiro atoms. The highest BCUT2D eigenvalue weighted by atomic mass is 32.2. The fraction of sp³-hybridized carbons (Fsp3) is 0.167. The van der Waals surface area contributed by atoms with Crippen molar-refractivity contribution in [2.45, 2.75) is 16.2 Å². The molecule has 0 aliphatic carbocycles. The second-order valence-corrected chi connectivity index (χ2v) is 7.19. The van der Waals surface area contributed by atoms with Crippen LogP contribution in [-0.2, 0) is 4.79 Å². The number of hydrogen-bond donors (Lipinski definition) is 1. The normalized spacial score (nSPS) is 15.0. The van der Waals surface area contributed by atoms with Crippen molar-refractivity contribution < 1.29 is 9.90 Å². The molecule has 2 aromatic carbocycles. The summed E-state index contributed by atoms with van der Waals surface area (Å²) in [5, 5.41) is 10.1. The Morgan fingerprint density at radius 2 is 1.87 bits per heavy atom. The molecule has 0 saturated carbocycles. The van der Waals surface area contributed by atoms with E-state index in [1.807, 2.05) is 30.3 Å². The molecule has 0 radical (unpaired) electrons. The van der Waals surface area contributed by atoms with Gasteiger partial charge in [0.15, 0.2) is 0 Å². The first-order valence-electron chi connectivity index (χ1n) is 7.38. The maximum atomic E-state index is 10.9. The van der Waals surface area contributed by atoms with Gasteiger partial charge in [0.25, 0.3) is 0 Å². The molecule has 0 aromatic heterocycles. The van der Waals surface area contributed by atoms with Crippen molar-refractivity contribution in [3.05, 3.63) is 65.7 Å². The van der Waals surface area contributed by atoms with Crippen molar-refractivity contribution in [2.75, 3.05) is 17.2 Å². The summed E-state index contributed by atoms with van der Waals surface area (Å²) < 4.78 is 0. The molecule has 118 valence electrons. The Hall–Kier alpha value is -1.85. The fourth-order valence-electron chi connectivity index (χ4n) is 2.37. The quantitative estimate of drug-likeness (QED) is 0.770. The Labute approximate surface area is 144 Å². The van der Waals surface area contributed by atoms with Crippen molar-refractivity contribution in [3.63, 3.8) is 0 Å². The molecule has 1 N–H and O–H groups in total. The van der Waals surface area contributed by atoms with Crippen LogP contribution in [0.25, 0.3) is 0 Å². The van der Waals surface area contributed by atoms with E-state index < -0.39 is 5.97 Å². The molecule has 1 aliphatic rings. The van der Waals surface area contributed by atoms with E-state index in [0.29, 0.717) is 6.54 Å². The summed E-state index contributed by atoms with van der Waals surface area (Å²) in [6, 6.07) is 18.4. The molecule has 5 heteroatoms. The van der Waals surface area contributed by atoms with Gasteiger partial charge in [-0.3, -0.25) is 4.79 Å². The Morgan fingerprint density at radius 1 is 1.13 bits per heavy atom. The molecule has 2 aromatic rings. The second-order valence-electron chi connectivity index (χ2n) is 5.03. The highest BCUT2D eigenvalue weighted by Gasteiger charge is 2.24. The van der Waals surface area contributed by atoms with Crippen LogP contribution in [0.1, 0.15) is 6.42 Å². The van der Waals surface area contributed by atoms with Crippen molar-refractivity contribution in [1.29, 1.82) is 0 Å². The Balaban J connectivity index is 1.72. The first-order valence-corrected chi connectivity index (χ1v) is 9.18. The van der Waals surface area contributed by atoms with Gasteiger partial charge in [-0.25, -0.2) is 0 Å². The topological polar surface area (TPSA) is 40.5 Å². The standard InChI is InChI=1S/C18H17NO2S2/c20-18(21)10-12-19-15-8-4-5-9-16(15)23-17(19)11-13-22-14-6-2-1-3-7-14/h1-9,11H,10,12-13H2,(H,20,21)/b17-11-. The van der Waals surface area contributed by atoms with Crippen molar-refractivity contribution in [1.82, 2.24) is 0 Å². The smallest absolute Gasteiger partial charge is 0.305 e. The van der Waals surface area contributed by atoms with Gasteiger partial charge in [-0.2, -0.15) is 0 Å². The molecular formula is C18H17NO2S2. The number of aliphatic carboxylic acids is 1. The van der Waals surface area contributed by atoms with Crippen LogP contribution in [0.5, 0.6) is 0 Å². The minimum atomic E-state index is -0.766. The lowest BCUT2D eigenvalue weighted by molar-refractivity contribution is -0.136. The number of anilines is 1. The maximum Gasteiger partial charge on any atom is 0.305 e. The molecule has 0 atom stereocenters. The van der Waals surface area contributed by atoms with Gasteiger partial charge in [0.05, 0.1) is 17.1 Å². The van der Waals surface area contributed by atoms with Crippen molar-refractivity contribution in [3.8, 4) is 0 Å². The van der Waals surface area contributed by atoms with E-state index in [4.69, 9.17) is 5.11 Å². The van der Waals surface area contributed by atoms with Crippen molar-refractivity contribution in [2.24, 2.45) is 0 Å². The minimum Gasteiger partial charge on any atom is -0.481 e. The van der Waals surface area contributed by atoms with Gasteiger partial charge < -0.3 is 10.0 Å². The van der Waals surface area contributed by atoms with Crippen LogP contribution in [-0.4, -0.2) is 23.4 Å². The summed E-state index contributed by atoms with van der Waals surface area (Å²) in [5.74, 6) is 0.0987. The van der Waals surface area contributed by atoms with E-state index in [2.05, 4.69) is 35.2 Å². The number of nitrogens with zero attached hydrogens (tertiary/aromatic N) is 1. The van der Waals surface area contributed by atoms with E-state index in [0.717, 1.165) is 16.5 Å². The highest BCUT2D eigenvalue weighted by Crippen LogP contribution is 2.45. The first-order chi connectivity index (χ1) is 11.2. The average molecular weight is 343 g/mol. The monoisotopic (exact) mass is 343 g/mol. The molecule has 1 aliphatic heterocycles. The zero-order chi connectivity index (χ0) is 16.1. The predicted octanol–water partition coefficient (Wildman–Crippen LogP) is 4.71. The molecule has 0 bridgehead atoms. The molecular weight excluding hydrogens is 326 g/mol. The number of thioether (sulfide) groups is 2. The minimum absolute atomic E-state index is 0.137. The van der Waals surface area contributed by atoms with E-state index in [-0.39, 0.29) is 6.42 Å². The zero-order valence-corrected chi connectivity index (χ0v) is 14.1. The largest absolute Gasteiger partial charge is 0.481 e. The molecule has 23 heavy (non-hydrogen) atoms. The summed E-state index contributed by atoms with van der Waals surface area (Å²) >= 11 is 3.49. The molecule has 3 rings (SSSR count). The Kier molecular flexibility index (Phi) is 5.31. The van der Waals surface area contributed by atoms with Gasteiger partial charge in [0, 0.05) is 22.1 Å². The summed E-state index contributed by atoms with van der Waals surface area (Å²) in [6.45, 7) is 0.501. The fourth-order valence-corrected chi connectivity index (χ4v) is 4.38. The van der Waals surface area contributed by atoms with E-state index in [1.165, 1.54) is 9.79 Å². The van der Waals surface area contributed by atoms with Gasteiger partial charge in [-0.05, 0) is 30.3 Å². The van der Waals surface area contributed by atoms with Gasteiger partial charge in [-0.15, -0.1) is 11.8 Å². The lowest BCUT2D eigenvalue weighted by Crippen LogP contribution is -2.21. The maximum absolute atomic E-state index is 10.9. The van der Waals surface area contributed by atoms with E-state index >= 15 is 0 Å². The zero-order valence-electron chi connectivity index (χ0n) is 12.5. The number of carboxylic acids is 1. The molecule has 0 amide bonds. The first kappa shape index (κ1) is 16.0. The van der Waals surface area contributed by atoms with Gasteiger partial charge in [-0.1, -0.05) is 42.1 Å². The number of benzene rings is 2. The van der Waals surface area contributed by atoms with Crippen LogP contribution in [0, 0.1) is 0 Å². The number of carbonyl (C=O) groups is 1. The highest BCUT2D eigenvalue weighted by molar-refractivity contribution is 8.04. The summed E-state index contributed by atoms with van der Waals surface area (Å²) in [4.78, 5) is 15.5. The Bertz CT molecular complexity index is 716. The summed E-state index contributed by atoms with van der Waals surface area (Å²) in [5.41, 5.74) is 1.11. The van der Waals surface area contributed by atoms with Crippen LogP contribution < -0.4 is 4.90 Å². The number of hydrogen-bond acceptors (Lipinski definition) is 4. The van der Waals surface area contributed by atoms with Crippen LogP contribution >= 0.6 is 23.5 Å². The third-order valence-corrected chi connectivity index (χ3v) is 5.54. The lowest BCUT2D eigenvalue weighted by atomic mass is 10.2. The summed E-state index contributed by atoms with van der Waals surface area (Å²) in [7, 11) is 0. The van der Waals surface area contributed by atoms with Crippen LogP contribution in [0.2, 0.25) is 0 Å². The molecule has 3 nitrogen and oxygen atoms in total. The number of rotatable bonds is 6. The van der Waals surface area contributed by atoms with Gasteiger partial charge >= 0.3 is 5.97 Å². The lowest BCUT2D eigenvalue weighted by Gasteiger charge is -2.19. The molecule has 0 unspecified atom stereocenters. The van der Waals surface area contributed by atoms with Gasteiger partial charge in [0.2, 0.25) is 0 Å². The van der Waals surface area contributed by atoms with Crippen molar-refractivity contribution >= 4 is 35.2 Å². The van der Waals surface area contributed by atoms with Gasteiger partial charge in [0.1, 0.15) is 0 Å². The molecule has 0 saturated heterocycles. The number of carboxylic acid groups (broad SMARTS) is 1. The van der Waals surface area contributed by atoms with Crippen LogP contribution in [0.3, 0.4) is 0 Å². The second kappa shape index (κ2) is 7.62.